The summed E-state index contributed by atoms with van der Waals surface area (Å²) in [5.41, 5.74) is 1.20. The number of carbonyl (C=O) groups is 2. The van der Waals surface area contributed by atoms with Gasteiger partial charge in [0.1, 0.15) is 0 Å². The minimum absolute atomic E-state index is 0.0340. The summed E-state index contributed by atoms with van der Waals surface area (Å²) in [5.74, 6) is -0.0340. The number of nitrogens with zero attached hydrogens (tertiary/aromatic N) is 2. The van der Waals surface area contributed by atoms with E-state index in [1.165, 1.54) is 0 Å². The summed E-state index contributed by atoms with van der Waals surface area (Å²) < 4.78 is 10.6. The first kappa shape index (κ1) is 16.7. The molecule has 2 heterocycles. The lowest BCUT2D eigenvalue weighted by Crippen LogP contribution is -2.47. The molecule has 1 aromatic carbocycles. The van der Waals surface area contributed by atoms with Crippen LogP contribution in [0, 0.1) is 0 Å². The topological polar surface area (TPSA) is 71.1 Å². The lowest BCUT2D eigenvalue weighted by molar-refractivity contribution is 0.00360. The molecule has 7 heteroatoms. The zero-order valence-corrected chi connectivity index (χ0v) is 13.9. The summed E-state index contributed by atoms with van der Waals surface area (Å²) >= 11 is 0. The molecule has 24 heavy (non-hydrogen) atoms. The van der Waals surface area contributed by atoms with Crippen LogP contribution in [0.5, 0.6) is 0 Å². The average Bonchev–Trinajstić information content (AvgIpc) is 2.62. The number of benzene rings is 1. The zero-order chi connectivity index (χ0) is 16.9. The number of morpholine rings is 2. The molecule has 1 aromatic rings. The Hall–Kier alpha value is -2.12. The molecule has 7 nitrogen and oxygen atoms in total. The lowest BCUT2D eigenvalue weighted by atomic mass is 10.1. The van der Waals surface area contributed by atoms with Crippen molar-refractivity contribution < 1.29 is 19.1 Å². The molecule has 0 radical (unpaired) electrons. The Morgan fingerprint density at radius 1 is 1.12 bits per heavy atom. The Kier molecular flexibility index (Phi) is 5.32. The van der Waals surface area contributed by atoms with Gasteiger partial charge in [0.2, 0.25) is 0 Å². The standard InChI is InChI=1S/C17H23N3O4/c1-13-12-24-10-7-20(13)16(21)14-3-2-4-15(11-14)18-17(22)19-5-8-23-9-6-19/h2-4,11,13H,5-10,12H2,1H3,(H,18,22). The van der Waals surface area contributed by atoms with Crippen molar-refractivity contribution in [1.82, 2.24) is 9.80 Å². The Labute approximate surface area is 141 Å². The van der Waals surface area contributed by atoms with Crippen LogP contribution in [0.4, 0.5) is 10.5 Å². The van der Waals surface area contributed by atoms with Crippen LogP contribution in [0.15, 0.2) is 24.3 Å². The van der Waals surface area contributed by atoms with Gasteiger partial charge in [0.15, 0.2) is 0 Å². The highest BCUT2D eigenvalue weighted by Gasteiger charge is 2.25. The van der Waals surface area contributed by atoms with Crippen LogP contribution in [0.1, 0.15) is 17.3 Å². The van der Waals surface area contributed by atoms with Crippen molar-refractivity contribution in [2.24, 2.45) is 0 Å². The molecule has 2 aliphatic rings. The monoisotopic (exact) mass is 333 g/mol. The van der Waals surface area contributed by atoms with Gasteiger partial charge in [-0.3, -0.25) is 4.79 Å². The molecular formula is C17H23N3O4. The fourth-order valence-electron chi connectivity index (χ4n) is 2.89. The first-order valence-corrected chi connectivity index (χ1v) is 8.27. The smallest absolute Gasteiger partial charge is 0.321 e. The fourth-order valence-corrected chi connectivity index (χ4v) is 2.89. The molecule has 3 amide bonds. The summed E-state index contributed by atoms with van der Waals surface area (Å²) in [4.78, 5) is 28.5. The molecule has 3 rings (SSSR count). The van der Waals surface area contributed by atoms with Crippen molar-refractivity contribution in [3.8, 4) is 0 Å². The van der Waals surface area contributed by atoms with E-state index < -0.39 is 0 Å². The Bertz CT molecular complexity index is 601. The minimum Gasteiger partial charge on any atom is -0.378 e. The van der Waals surface area contributed by atoms with Crippen molar-refractivity contribution in [2.75, 3.05) is 51.4 Å². The van der Waals surface area contributed by atoms with Crippen molar-refractivity contribution >= 4 is 17.6 Å². The van der Waals surface area contributed by atoms with E-state index >= 15 is 0 Å². The van der Waals surface area contributed by atoms with Gasteiger partial charge in [0, 0.05) is 30.9 Å². The van der Waals surface area contributed by atoms with Crippen molar-refractivity contribution in [3.63, 3.8) is 0 Å². The summed E-state index contributed by atoms with van der Waals surface area (Å²) in [6.45, 7) is 5.95. The second-order valence-corrected chi connectivity index (χ2v) is 6.03. The van der Waals surface area contributed by atoms with Gasteiger partial charge in [-0.2, -0.15) is 0 Å². The van der Waals surface area contributed by atoms with Crippen LogP contribution in [-0.2, 0) is 9.47 Å². The second kappa shape index (κ2) is 7.63. The maximum absolute atomic E-state index is 12.7. The highest BCUT2D eigenvalue weighted by molar-refractivity contribution is 5.97. The van der Waals surface area contributed by atoms with Crippen LogP contribution in [0.3, 0.4) is 0 Å². The van der Waals surface area contributed by atoms with Gasteiger partial charge < -0.3 is 24.6 Å². The highest BCUT2D eigenvalue weighted by Crippen LogP contribution is 2.16. The van der Waals surface area contributed by atoms with Crippen LogP contribution < -0.4 is 5.32 Å². The van der Waals surface area contributed by atoms with Gasteiger partial charge in [0.05, 0.1) is 32.5 Å². The third-order valence-electron chi connectivity index (χ3n) is 4.29. The molecule has 1 unspecified atom stereocenters. The molecule has 0 saturated carbocycles. The van der Waals surface area contributed by atoms with Crippen LogP contribution in [0.2, 0.25) is 0 Å². The SMILES string of the molecule is CC1COCCN1C(=O)c1cccc(NC(=O)N2CCOCC2)c1. The number of nitrogens with one attached hydrogen (secondary N) is 1. The molecule has 2 fully saturated rings. The van der Waals surface area contributed by atoms with Gasteiger partial charge in [-0.05, 0) is 25.1 Å². The second-order valence-electron chi connectivity index (χ2n) is 6.03. The summed E-state index contributed by atoms with van der Waals surface area (Å²) in [6, 6.07) is 6.96. The molecule has 0 aliphatic carbocycles. The van der Waals surface area contributed by atoms with E-state index in [1.54, 1.807) is 29.2 Å². The summed E-state index contributed by atoms with van der Waals surface area (Å²) in [6.07, 6.45) is 0. The van der Waals surface area contributed by atoms with Crippen molar-refractivity contribution in [2.45, 2.75) is 13.0 Å². The van der Waals surface area contributed by atoms with E-state index in [1.807, 2.05) is 11.8 Å². The van der Waals surface area contributed by atoms with Gasteiger partial charge in [-0.1, -0.05) is 6.07 Å². The Balaban J connectivity index is 1.67. The van der Waals surface area contributed by atoms with Gasteiger partial charge in [0.25, 0.3) is 5.91 Å². The number of amides is 3. The minimum atomic E-state index is -0.164. The first-order chi connectivity index (χ1) is 11.6. The van der Waals surface area contributed by atoms with Gasteiger partial charge >= 0.3 is 6.03 Å². The number of rotatable bonds is 2. The maximum atomic E-state index is 12.7. The fraction of sp³-hybridized carbons (Fsp3) is 0.529. The number of carbonyl (C=O) groups excluding carboxylic acids is 2. The number of anilines is 1. The summed E-state index contributed by atoms with van der Waals surface area (Å²) in [7, 11) is 0. The van der Waals surface area contributed by atoms with E-state index in [4.69, 9.17) is 9.47 Å². The van der Waals surface area contributed by atoms with E-state index in [9.17, 15) is 9.59 Å². The zero-order valence-electron chi connectivity index (χ0n) is 13.9. The van der Waals surface area contributed by atoms with Crippen LogP contribution >= 0.6 is 0 Å². The molecule has 2 aliphatic heterocycles. The normalized spacial score (nSPS) is 21.5. The van der Waals surface area contributed by atoms with E-state index in [-0.39, 0.29) is 18.0 Å². The van der Waals surface area contributed by atoms with Crippen molar-refractivity contribution in [1.29, 1.82) is 0 Å². The number of ether oxygens (including phenoxy) is 2. The molecule has 0 spiro atoms. The van der Waals surface area contributed by atoms with Crippen LogP contribution in [0.25, 0.3) is 0 Å². The molecule has 1 atom stereocenters. The molecule has 0 bridgehead atoms. The lowest BCUT2D eigenvalue weighted by Gasteiger charge is -2.33. The highest BCUT2D eigenvalue weighted by atomic mass is 16.5. The summed E-state index contributed by atoms with van der Waals surface area (Å²) in [5, 5.41) is 2.86. The predicted octanol–water partition coefficient (Wildman–Crippen LogP) is 1.41. The number of hydrogen-bond acceptors (Lipinski definition) is 4. The van der Waals surface area contributed by atoms with Crippen molar-refractivity contribution in [3.05, 3.63) is 29.8 Å². The molecule has 1 N–H and O–H groups in total. The largest absolute Gasteiger partial charge is 0.378 e. The van der Waals surface area contributed by atoms with Crippen LogP contribution in [-0.4, -0.2) is 73.8 Å². The number of urea groups is 1. The third kappa shape index (κ3) is 3.85. The average molecular weight is 333 g/mol. The first-order valence-electron chi connectivity index (χ1n) is 8.27. The quantitative estimate of drug-likeness (QED) is 0.888. The molecule has 2 saturated heterocycles. The molecule has 0 aromatic heterocycles. The van der Waals surface area contributed by atoms with E-state index in [0.29, 0.717) is 57.3 Å². The maximum Gasteiger partial charge on any atom is 0.321 e. The number of hydrogen-bond donors (Lipinski definition) is 1. The van der Waals surface area contributed by atoms with E-state index in [2.05, 4.69) is 5.32 Å². The Morgan fingerprint density at radius 2 is 1.88 bits per heavy atom. The Morgan fingerprint density at radius 3 is 2.62 bits per heavy atom. The third-order valence-corrected chi connectivity index (χ3v) is 4.29. The molecular weight excluding hydrogens is 310 g/mol. The van der Waals surface area contributed by atoms with Gasteiger partial charge in [-0.25, -0.2) is 4.79 Å². The van der Waals surface area contributed by atoms with E-state index in [0.717, 1.165) is 0 Å². The molecule has 130 valence electrons. The van der Waals surface area contributed by atoms with Gasteiger partial charge in [-0.15, -0.1) is 0 Å². The predicted molar refractivity (Wildman–Crippen MR) is 89.2 cm³/mol.